The van der Waals surface area contributed by atoms with Crippen LogP contribution in [0.5, 0.6) is 0 Å². The molecule has 0 aliphatic rings. The van der Waals surface area contributed by atoms with Crippen molar-refractivity contribution in [1.29, 1.82) is 0 Å². The van der Waals surface area contributed by atoms with Crippen molar-refractivity contribution in [2.75, 3.05) is 6.26 Å². The van der Waals surface area contributed by atoms with Gasteiger partial charge < -0.3 is 0 Å². The van der Waals surface area contributed by atoms with Crippen LogP contribution in [0.3, 0.4) is 0 Å². The van der Waals surface area contributed by atoms with Gasteiger partial charge >= 0.3 is 6.18 Å². The second-order valence-electron chi connectivity index (χ2n) is 3.19. The zero-order valence-corrected chi connectivity index (χ0v) is 9.29. The van der Waals surface area contributed by atoms with Crippen molar-refractivity contribution >= 4 is 9.84 Å². The minimum atomic E-state index is -4.84. The first-order valence-corrected chi connectivity index (χ1v) is 6.08. The van der Waals surface area contributed by atoms with Crippen molar-refractivity contribution in [3.8, 4) is 11.2 Å². The van der Waals surface area contributed by atoms with Crippen molar-refractivity contribution in [2.45, 2.75) is 6.18 Å². The Labute approximate surface area is 95.2 Å². The first kappa shape index (κ1) is 13.5. The van der Waals surface area contributed by atoms with E-state index in [-0.39, 0.29) is 5.56 Å². The zero-order chi connectivity index (χ0) is 13.3. The SMILES string of the molecule is CS(=O)(=O)C#Cc1ccc(F)c(C(F)(F)F)c1. The van der Waals surface area contributed by atoms with Crippen LogP contribution in [0.25, 0.3) is 0 Å². The fraction of sp³-hybridized carbons (Fsp3) is 0.200. The standard InChI is InChI=1S/C10H6F4O2S/c1-17(15,16)5-4-7-2-3-9(11)8(6-7)10(12,13)14/h2-3,6H,1H3. The van der Waals surface area contributed by atoms with E-state index in [9.17, 15) is 26.0 Å². The molecular weight excluding hydrogens is 260 g/mol. The van der Waals surface area contributed by atoms with E-state index in [4.69, 9.17) is 0 Å². The minimum absolute atomic E-state index is 0.218. The van der Waals surface area contributed by atoms with Gasteiger partial charge in [-0.05, 0) is 18.2 Å². The van der Waals surface area contributed by atoms with Crippen LogP contribution in [0.4, 0.5) is 17.6 Å². The normalized spacial score (nSPS) is 11.8. The molecule has 0 radical (unpaired) electrons. The molecule has 0 heterocycles. The summed E-state index contributed by atoms with van der Waals surface area (Å²) in [5.74, 6) is 0.591. The molecule has 0 aliphatic carbocycles. The number of benzene rings is 1. The maximum Gasteiger partial charge on any atom is 0.419 e. The molecule has 92 valence electrons. The van der Waals surface area contributed by atoms with Crippen LogP contribution < -0.4 is 0 Å². The number of hydrogen-bond donors (Lipinski definition) is 0. The van der Waals surface area contributed by atoms with Gasteiger partial charge in [-0.15, -0.1) is 0 Å². The topological polar surface area (TPSA) is 34.1 Å². The lowest BCUT2D eigenvalue weighted by molar-refractivity contribution is -0.140. The predicted molar refractivity (Wildman–Crippen MR) is 53.1 cm³/mol. The lowest BCUT2D eigenvalue weighted by atomic mass is 10.1. The lowest BCUT2D eigenvalue weighted by Gasteiger charge is -2.07. The molecule has 0 amide bonds. The smallest absolute Gasteiger partial charge is 0.216 e. The van der Waals surface area contributed by atoms with E-state index in [1.54, 1.807) is 5.25 Å². The van der Waals surface area contributed by atoms with E-state index in [0.717, 1.165) is 12.3 Å². The fourth-order valence-corrected chi connectivity index (χ4v) is 1.28. The second kappa shape index (κ2) is 4.37. The van der Waals surface area contributed by atoms with Crippen LogP contribution in [0.1, 0.15) is 11.1 Å². The highest BCUT2D eigenvalue weighted by Crippen LogP contribution is 2.31. The first-order valence-electron chi connectivity index (χ1n) is 4.19. The molecule has 7 heteroatoms. The molecule has 0 aliphatic heterocycles. The highest BCUT2D eigenvalue weighted by molar-refractivity contribution is 7.95. The Morgan fingerprint density at radius 3 is 2.29 bits per heavy atom. The molecule has 0 N–H and O–H groups in total. The molecule has 1 aromatic carbocycles. The van der Waals surface area contributed by atoms with E-state index in [1.165, 1.54) is 0 Å². The van der Waals surface area contributed by atoms with Gasteiger partial charge in [0.1, 0.15) is 5.82 Å². The molecule has 0 bridgehead atoms. The summed E-state index contributed by atoms with van der Waals surface area (Å²) in [6.07, 6.45) is -4.03. The molecule has 0 spiro atoms. The van der Waals surface area contributed by atoms with E-state index in [0.29, 0.717) is 12.1 Å². The molecule has 0 saturated carbocycles. The molecule has 0 aromatic heterocycles. The summed E-state index contributed by atoms with van der Waals surface area (Å²) in [6, 6.07) is 2.03. The van der Waals surface area contributed by atoms with Gasteiger partial charge in [-0.3, -0.25) is 0 Å². The monoisotopic (exact) mass is 266 g/mol. The number of alkyl halides is 3. The Bertz CT molecular complexity index is 591. The maximum absolute atomic E-state index is 12.9. The summed E-state index contributed by atoms with van der Waals surface area (Å²) in [7, 11) is -3.62. The number of halogens is 4. The third-order valence-corrected chi connectivity index (χ3v) is 2.13. The fourth-order valence-electron chi connectivity index (χ4n) is 0.972. The summed E-state index contributed by atoms with van der Waals surface area (Å²) in [5.41, 5.74) is -1.69. The van der Waals surface area contributed by atoms with E-state index < -0.39 is 27.4 Å². The Morgan fingerprint density at radius 1 is 1.24 bits per heavy atom. The molecule has 1 aromatic rings. The minimum Gasteiger partial charge on any atom is -0.216 e. The first-order chi connectivity index (χ1) is 7.59. The van der Waals surface area contributed by atoms with Gasteiger partial charge in [0.05, 0.1) is 11.8 Å². The van der Waals surface area contributed by atoms with Crippen molar-refractivity contribution in [1.82, 2.24) is 0 Å². The van der Waals surface area contributed by atoms with Gasteiger partial charge in [-0.25, -0.2) is 12.8 Å². The summed E-state index contributed by atoms with van der Waals surface area (Å²) in [5, 5.41) is 1.77. The quantitative estimate of drug-likeness (QED) is 0.533. The molecule has 0 atom stereocenters. The number of sulfone groups is 1. The van der Waals surface area contributed by atoms with Gasteiger partial charge in [0.2, 0.25) is 9.84 Å². The number of rotatable bonds is 0. The average Bonchev–Trinajstić information content (AvgIpc) is 2.13. The van der Waals surface area contributed by atoms with Gasteiger partial charge in [0, 0.05) is 10.8 Å². The van der Waals surface area contributed by atoms with Crippen molar-refractivity contribution < 1.29 is 26.0 Å². The summed E-state index contributed by atoms with van der Waals surface area (Å²) in [6.45, 7) is 0. The van der Waals surface area contributed by atoms with Crippen LogP contribution in [0.2, 0.25) is 0 Å². The Morgan fingerprint density at radius 2 is 1.82 bits per heavy atom. The number of hydrogen-bond acceptors (Lipinski definition) is 2. The average molecular weight is 266 g/mol. The summed E-state index contributed by atoms with van der Waals surface area (Å²) < 4.78 is 71.1. The lowest BCUT2D eigenvalue weighted by Crippen LogP contribution is -2.08. The Balaban J connectivity index is 3.27. The molecule has 0 fully saturated rings. The third kappa shape index (κ3) is 4.07. The van der Waals surface area contributed by atoms with Gasteiger partial charge in [0.15, 0.2) is 0 Å². The summed E-state index contributed by atoms with van der Waals surface area (Å²) >= 11 is 0. The van der Waals surface area contributed by atoms with Crippen LogP contribution >= 0.6 is 0 Å². The molecule has 0 saturated heterocycles. The van der Waals surface area contributed by atoms with E-state index in [1.807, 2.05) is 5.92 Å². The maximum atomic E-state index is 12.9. The Kier molecular flexibility index (Phi) is 3.48. The molecule has 17 heavy (non-hydrogen) atoms. The molecule has 2 nitrogen and oxygen atoms in total. The Hall–Kier alpha value is -1.55. The van der Waals surface area contributed by atoms with Gasteiger partial charge in [0.25, 0.3) is 0 Å². The van der Waals surface area contributed by atoms with Gasteiger partial charge in [-0.2, -0.15) is 13.2 Å². The zero-order valence-electron chi connectivity index (χ0n) is 8.47. The second-order valence-corrected chi connectivity index (χ2v) is 4.94. The van der Waals surface area contributed by atoms with Crippen molar-refractivity contribution in [3.63, 3.8) is 0 Å². The predicted octanol–water partition coefficient (Wildman–Crippen LogP) is 2.20. The highest BCUT2D eigenvalue weighted by Gasteiger charge is 2.34. The molecule has 0 unspecified atom stereocenters. The van der Waals surface area contributed by atoms with Gasteiger partial charge in [-0.1, -0.05) is 5.92 Å². The molecular formula is C10H6F4O2S. The molecule has 1 rings (SSSR count). The highest BCUT2D eigenvalue weighted by atomic mass is 32.2. The third-order valence-electron chi connectivity index (χ3n) is 1.65. The summed E-state index contributed by atoms with van der Waals surface area (Å²) in [4.78, 5) is 0. The van der Waals surface area contributed by atoms with Crippen LogP contribution in [-0.2, 0) is 16.0 Å². The van der Waals surface area contributed by atoms with Crippen LogP contribution in [0, 0.1) is 17.0 Å². The largest absolute Gasteiger partial charge is 0.419 e. The van der Waals surface area contributed by atoms with Crippen molar-refractivity contribution in [2.24, 2.45) is 0 Å². The van der Waals surface area contributed by atoms with E-state index >= 15 is 0 Å². The van der Waals surface area contributed by atoms with E-state index in [2.05, 4.69) is 0 Å². The van der Waals surface area contributed by atoms with Crippen molar-refractivity contribution in [3.05, 3.63) is 35.1 Å². The van der Waals surface area contributed by atoms with Crippen LogP contribution in [0.15, 0.2) is 18.2 Å². The van der Waals surface area contributed by atoms with Crippen LogP contribution in [-0.4, -0.2) is 14.7 Å².